The minimum absolute atomic E-state index is 0.00527. The van der Waals surface area contributed by atoms with Crippen LogP contribution in [-0.2, 0) is 5.54 Å². The zero-order chi connectivity index (χ0) is 18.4. The van der Waals surface area contributed by atoms with Crippen LogP contribution in [-0.4, -0.2) is 26.7 Å². The fourth-order valence-electron chi connectivity index (χ4n) is 5.81. The van der Waals surface area contributed by atoms with Crippen LogP contribution in [0.3, 0.4) is 0 Å². The van der Waals surface area contributed by atoms with Gasteiger partial charge in [-0.05, 0) is 43.9 Å². The van der Waals surface area contributed by atoms with Crippen molar-refractivity contribution in [3.8, 4) is 0 Å². The number of halogens is 1. The normalized spacial score (nSPS) is 26.5. The first-order valence-corrected chi connectivity index (χ1v) is 10.6. The zero-order valence-electron chi connectivity index (χ0n) is 15.5. The van der Waals surface area contributed by atoms with Gasteiger partial charge in [0.1, 0.15) is 6.33 Å². The van der Waals surface area contributed by atoms with Crippen LogP contribution in [0.2, 0.25) is 5.02 Å². The molecular formula is C21H25ClN4O. The maximum Gasteiger partial charge on any atom is 0.260 e. The molecule has 2 fully saturated rings. The minimum atomic E-state index is -0.00527. The van der Waals surface area contributed by atoms with E-state index in [-0.39, 0.29) is 17.5 Å². The SMILES string of the molecule is O=C(c1cccc(Cl)c1)N1c2ncnn2C2(CCCCC2)[C@@H]2CCCC[C@@H]21. The second kappa shape index (κ2) is 6.62. The largest absolute Gasteiger partial charge is 0.273 e. The average Bonchev–Trinajstić information content (AvgIpc) is 3.19. The van der Waals surface area contributed by atoms with Gasteiger partial charge < -0.3 is 0 Å². The zero-order valence-corrected chi connectivity index (χ0v) is 16.2. The quantitative estimate of drug-likeness (QED) is 0.708. The first kappa shape index (κ1) is 17.2. The Balaban J connectivity index is 1.63. The second-order valence-corrected chi connectivity index (χ2v) is 8.72. The summed E-state index contributed by atoms with van der Waals surface area (Å²) in [5, 5.41) is 5.24. The lowest BCUT2D eigenvalue weighted by Gasteiger charge is -2.55. The molecule has 3 aliphatic rings. The summed E-state index contributed by atoms with van der Waals surface area (Å²) in [7, 11) is 0. The molecule has 0 unspecified atom stereocenters. The molecule has 1 aromatic carbocycles. The Morgan fingerprint density at radius 3 is 2.74 bits per heavy atom. The molecule has 2 aliphatic carbocycles. The molecule has 0 N–H and O–H groups in total. The Hall–Kier alpha value is -1.88. The highest BCUT2D eigenvalue weighted by Crippen LogP contribution is 2.52. The van der Waals surface area contributed by atoms with Gasteiger partial charge in [-0.25, -0.2) is 4.68 Å². The molecule has 0 radical (unpaired) electrons. The monoisotopic (exact) mass is 384 g/mol. The summed E-state index contributed by atoms with van der Waals surface area (Å²) in [6, 6.07) is 7.45. The standard InChI is InChI=1S/C21H25ClN4O/c22-16-8-6-7-15(13-16)19(27)25-18-10-3-2-9-17(18)21(11-4-1-5-12-21)26-20(25)23-14-24-26/h6-8,13-14,17-18H,1-5,9-12H2/t17-,18+/m1/s1. The van der Waals surface area contributed by atoms with Crippen molar-refractivity contribution in [3.05, 3.63) is 41.2 Å². The van der Waals surface area contributed by atoms with Crippen LogP contribution < -0.4 is 4.90 Å². The van der Waals surface area contributed by atoms with Gasteiger partial charge in [0.2, 0.25) is 5.95 Å². The molecule has 1 aromatic heterocycles. The molecule has 2 saturated carbocycles. The van der Waals surface area contributed by atoms with Gasteiger partial charge in [0.05, 0.1) is 5.54 Å². The Bertz CT molecular complexity index is 857. The lowest BCUT2D eigenvalue weighted by Crippen LogP contribution is -2.61. The van der Waals surface area contributed by atoms with Crippen LogP contribution in [0.15, 0.2) is 30.6 Å². The number of hydrogen-bond acceptors (Lipinski definition) is 3. The Labute approximate surface area is 164 Å². The third-order valence-electron chi connectivity index (χ3n) is 6.93. The van der Waals surface area contributed by atoms with Crippen molar-refractivity contribution in [2.24, 2.45) is 5.92 Å². The van der Waals surface area contributed by atoms with Gasteiger partial charge in [-0.3, -0.25) is 9.69 Å². The van der Waals surface area contributed by atoms with Crippen molar-refractivity contribution in [1.82, 2.24) is 14.8 Å². The van der Waals surface area contributed by atoms with Crippen molar-refractivity contribution in [3.63, 3.8) is 0 Å². The summed E-state index contributed by atoms with van der Waals surface area (Å²) in [5.41, 5.74) is 0.668. The van der Waals surface area contributed by atoms with E-state index in [0.29, 0.717) is 16.5 Å². The smallest absolute Gasteiger partial charge is 0.260 e. The number of carbonyl (C=O) groups excluding carboxylic acids is 1. The highest BCUT2D eigenvalue weighted by molar-refractivity contribution is 6.31. The molecule has 142 valence electrons. The Kier molecular flexibility index (Phi) is 4.23. The molecule has 2 atom stereocenters. The molecule has 5 nitrogen and oxygen atoms in total. The average molecular weight is 385 g/mol. The van der Waals surface area contributed by atoms with E-state index in [4.69, 9.17) is 11.6 Å². The lowest BCUT2D eigenvalue weighted by atomic mass is 9.64. The molecule has 2 heterocycles. The van der Waals surface area contributed by atoms with Crippen molar-refractivity contribution in [2.45, 2.75) is 69.4 Å². The van der Waals surface area contributed by atoms with Crippen molar-refractivity contribution in [1.29, 1.82) is 0 Å². The van der Waals surface area contributed by atoms with Gasteiger partial charge >= 0.3 is 0 Å². The van der Waals surface area contributed by atoms with E-state index in [1.807, 2.05) is 17.0 Å². The summed E-state index contributed by atoms with van der Waals surface area (Å²) in [4.78, 5) is 20.0. The maximum absolute atomic E-state index is 13.5. The predicted octanol–water partition coefficient (Wildman–Crippen LogP) is 4.81. The third-order valence-corrected chi connectivity index (χ3v) is 7.16. The number of hydrogen-bond donors (Lipinski definition) is 0. The van der Waals surface area contributed by atoms with Crippen LogP contribution in [0.4, 0.5) is 5.95 Å². The highest BCUT2D eigenvalue weighted by Gasteiger charge is 2.54. The Morgan fingerprint density at radius 1 is 1.11 bits per heavy atom. The molecular weight excluding hydrogens is 360 g/mol. The Morgan fingerprint density at radius 2 is 1.93 bits per heavy atom. The van der Waals surface area contributed by atoms with Gasteiger partial charge in [0.25, 0.3) is 5.91 Å². The van der Waals surface area contributed by atoms with Gasteiger partial charge in [0.15, 0.2) is 0 Å². The van der Waals surface area contributed by atoms with Gasteiger partial charge in [-0.2, -0.15) is 10.1 Å². The number of anilines is 1. The van der Waals surface area contributed by atoms with Crippen LogP contribution >= 0.6 is 11.6 Å². The molecule has 1 spiro atoms. The number of nitrogens with zero attached hydrogens (tertiary/aromatic N) is 4. The molecule has 6 heteroatoms. The van der Waals surface area contributed by atoms with E-state index in [1.165, 1.54) is 38.5 Å². The number of aromatic nitrogens is 3. The number of fused-ring (bicyclic) bond motifs is 4. The van der Waals surface area contributed by atoms with Crippen molar-refractivity contribution < 1.29 is 4.79 Å². The molecule has 0 bridgehead atoms. The van der Waals surface area contributed by atoms with E-state index in [2.05, 4.69) is 14.8 Å². The van der Waals surface area contributed by atoms with Crippen LogP contribution in [0, 0.1) is 5.92 Å². The molecule has 27 heavy (non-hydrogen) atoms. The number of benzene rings is 1. The van der Waals surface area contributed by atoms with E-state index >= 15 is 0 Å². The van der Waals surface area contributed by atoms with Crippen molar-refractivity contribution in [2.75, 3.05) is 4.90 Å². The fraction of sp³-hybridized carbons (Fsp3) is 0.571. The maximum atomic E-state index is 13.5. The van der Waals surface area contributed by atoms with Crippen LogP contribution in [0.1, 0.15) is 68.1 Å². The van der Waals surface area contributed by atoms with Crippen molar-refractivity contribution >= 4 is 23.5 Å². The van der Waals surface area contributed by atoms with E-state index < -0.39 is 0 Å². The van der Waals surface area contributed by atoms with Gasteiger partial charge in [-0.1, -0.05) is 49.8 Å². The minimum Gasteiger partial charge on any atom is -0.273 e. The molecule has 1 amide bonds. The molecule has 0 saturated heterocycles. The second-order valence-electron chi connectivity index (χ2n) is 8.28. The number of carbonyl (C=O) groups is 1. The van der Waals surface area contributed by atoms with E-state index in [0.717, 1.165) is 25.2 Å². The van der Waals surface area contributed by atoms with Crippen LogP contribution in [0.5, 0.6) is 0 Å². The van der Waals surface area contributed by atoms with E-state index in [9.17, 15) is 4.79 Å². The number of rotatable bonds is 1. The number of amides is 1. The first-order valence-electron chi connectivity index (χ1n) is 10.2. The lowest BCUT2D eigenvalue weighted by molar-refractivity contribution is 0.0313. The fourth-order valence-corrected chi connectivity index (χ4v) is 6.01. The third kappa shape index (κ3) is 2.62. The summed E-state index contributed by atoms with van der Waals surface area (Å²) in [5.74, 6) is 1.18. The summed E-state index contributed by atoms with van der Waals surface area (Å²) in [6.45, 7) is 0. The molecule has 1 aliphatic heterocycles. The summed E-state index contributed by atoms with van der Waals surface area (Å²) < 4.78 is 2.11. The highest BCUT2D eigenvalue weighted by atomic mass is 35.5. The summed E-state index contributed by atoms with van der Waals surface area (Å²) in [6.07, 6.45) is 12.4. The van der Waals surface area contributed by atoms with E-state index in [1.54, 1.807) is 18.5 Å². The van der Waals surface area contributed by atoms with Gasteiger partial charge in [-0.15, -0.1) is 0 Å². The predicted molar refractivity (Wildman–Crippen MR) is 105 cm³/mol. The van der Waals surface area contributed by atoms with Crippen LogP contribution in [0.25, 0.3) is 0 Å². The van der Waals surface area contributed by atoms with Gasteiger partial charge in [0, 0.05) is 22.5 Å². The molecule has 5 rings (SSSR count). The molecule has 2 aromatic rings. The summed E-state index contributed by atoms with van der Waals surface area (Å²) >= 11 is 6.16. The first-order chi connectivity index (χ1) is 13.2. The topological polar surface area (TPSA) is 51.0 Å².